The Hall–Kier alpha value is -1.92. The minimum absolute atomic E-state index is 0.238. The molecule has 0 radical (unpaired) electrons. The molecular formula is C15H21N3O3. The van der Waals surface area contributed by atoms with E-state index in [-0.39, 0.29) is 18.4 Å². The monoisotopic (exact) mass is 291 g/mol. The molecule has 6 heteroatoms. The van der Waals surface area contributed by atoms with E-state index in [4.69, 9.17) is 5.73 Å². The first-order chi connectivity index (χ1) is 10.1. The Bertz CT molecular complexity index is 484. The zero-order valence-electron chi connectivity index (χ0n) is 12.2. The van der Waals surface area contributed by atoms with E-state index in [9.17, 15) is 9.59 Å². The van der Waals surface area contributed by atoms with Crippen molar-refractivity contribution in [1.82, 2.24) is 9.80 Å². The number of esters is 1. The molecule has 1 amide bonds. The Morgan fingerprint density at radius 3 is 2.33 bits per heavy atom. The molecule has 0 aliphatic carbocycles. The summed E-state index contributed by atoms with van der Waals surface area (Å²) in [5.41, 5.74) is 6.48. The maximum atomic E-state index is 11.8. The van der Waals surface area contributed by atoms with Gasteiger partial charge >= 0.3 is 5.97 Å². The topological polar surface area (TPSA) is 75.9 Å². The largest absolute Gasteiger partial charge is 0.468 e. The van der Waals surface area contributed by atoms with Gasteiger partial charge in [0.25, 0.3) is 0 Å². The van der Waals surface area contributed by atoms with E-state index >= 15 is 0 Å². The van der Waals surface area contributed by atoms with Gasteiger partial charge in [-0.1, -0.05) is 30.3 Å². The molecule has 1 saturated heterocycles. The molecule has 1 aliphatic rings. The molecule has 0 aromatic heterocycles. The summed E-state index contributed by atoms with van der Waals surface area (Å²) in [6.45, 7) is 3.10. The number of hydrogen-bond acceptors (Lipinski definition) is 5. The minimum Gasteiger partial charge on any atom is -0.468 e. The fraction of sp³-hybridized carbons (Fsp3) is 0.467. The van der Waals surface area contributed by atoms with Crippen molar-refractivity contribution in [2.45, 2.75) is 6.04 Å². The predicted octanol–water partition coefficient (Wildman–Crippen LogP) is 0.00360. The van der Waals surface area contributed by atoms with Gasteiger partial charge in [-0.15, -0.1) is 0 Å². The van der Waals surface area contributed by atoms with Crippen molar-refractivity contribution < 1.29 is 14.3 Å². The molecule has 2 rings (SSSR count). The summed E-state index contributed by atoms with van der Waals surface area (Å²) in [4.78, 5) is 27.2. The zero-order chi connectivity index (χ0) is 15.2. The van der Waals surface area contributed by atoms with E-state index in [1.807, 2.05) is 35.2 Å². The van der Waals surface area contributed by atoms with Crippen LogP contribution in [-0.4, -0.2) is 61.5 Å². The summed E-state index contributed by atoms with van der Waals surface area (Å²) in [5, 5.41) is 0. The second kappa shape index (κ2) is 7.19. The van der Waals surface area contributed by atoms with Crippen LogP contribution in [-0.2, 0) is 14.3 Å². The van der Waals surface area contributed by atoms with Crippen molar-refractivity contribution in [2.24, 2.45) is 5.73 Å². The molecule has 1 aliphatic heterocycles. The lowest BCUT2D eigenvalue weighted by molar-refractivity contribution is -0.142. The number of piperazine rings is 1. The Morgan fingerprint density at radius 2 is 1.81 bits per heavy atom. The van der Waals surface area contributed by atoms with E-state index < -0.39 is 6.04 Å². The maximum absolute atomic E-state index is 11.8. The molecule has 1 fully saturated rings. The molecule has 1 heterocycles. The third-order valence-corrected chi connectivity index (χ3v) is 3.74. The lowest BCUT2D eigenvalue weighted by Gasteiger charge is -2.37. The van der Waals surface area contributed by atoms with E-state index in [1.165, 1.54) is 7.11 Å². The van der Waals surface area contributed by atoms with E-state index in [0.29, 0.717) is 26.2 Å². The van der Waals surface area contributed by atoms with Gasteiger partial charge in [0.1, 0.15) is 6.04 Å². The number of hydrogen-bond donors (Lipinski definition) is 1. The summed E-state index contributed by atoms with van der Waals surface area (Å²) >= 11 is 0. The van der Waals surface area contributed by atoms with Crippen molar-refractivity contribution in [3.05, 3.63) is 35.9 Å². The maximum Gasteiger partial charge on any atom is 0.319 e. The van der Waals surface area contributed by atoms with Crippen LogP contribution in [0.15, 0.2) is 30.3 Å². The molecule has 0 unspecified atom stereocenters. The van der Waals surface area contributed by atoms with Crippen LogP contribution in [0.3, 0.4) is 0 Å². The number of carbonyl (C=O) groups is 2. The number of ether oxygens (including phenoxy) is 1. The Balaban J connectivity index is 1.99. The van der Waals surface area contributed by atoms with Gasteiger partial charge in [-0.3, -0.25) is 19.4 Å². The average molecular weight is 291 g/mol. The van der Waals surface area contributed by atoms with E-state index in [0.717, 1.165) is 5.56 Å². The predicted molar refractivity (Wildman–Crippen MR) is 78.4 cm³/mol. The quantitative estimate of drug-likeness (QED) is 0.773. The standard InChI is InChI=1S/C15H21N3O3/c1-21-13(19)11-17-7-9-18(10-8-17)14(15(16)20)12-5-3-2-4-6-12/h2-6,14H,7-11H2,1H3,(H2,16,20)/t14-/m1/s1. The van der Waals surface area contributed by atoms with Crippen LogP contribution in [0.25, 0.3) is 0 Å². The van der Waals surface area contributed by atoms with Crippen LogP contribution < -0.4 is 5.73 Å². The molecule has 0 saturated carbocycles. The van der Waals surface area contributed by atoms with Gasteiger partial charge in [-0.05, 0) is 5.56 Å². The highest BCUT2D eigenvalue weighted by Gasteiger charge is 2.29. The van der Waals surface area contributed by atoms with Crippen LogP contribution in [0.5, 0.6) is 0 Å². The SMILES string of the molecule is COC(=O)CN1CCN([C@@H](C(N)=O)c2ccccc2)CC1. The Kier molecular flexibility index (Phi) is 5.30. The molecule has 6 nitrogen and oxygen atoms in total. The van der Waals surface area contributed by atoms with Gasteiger partial charge in [0.15, 0.2) is 0 Å². The number of carbonyl (C=O) groups excluding carboxylic acids is 2. The first-order valence-electron chi connectivity index (χ1n) is 6.99. The van der Waals surface area contributed by atoms with Crippen LogP contribution in [0.1, 0.15) is 11.6 Å². The van der Waals surface area contributed by atoms with E-state index in [1.54, 1.807) is 0 Å². The number of rotatable bonds is 5. The Morgan fingerprint density at radius 1 is 1.19 bits per heavy atom. The molecule has 0 bridgehead atoms. The van der Waals surface area contributed by atoms with Crippen LogP contribution in [0, 0.1) is 0 Å². The molecule has 2 N–H and O–H groups in total. The highest BCUT2D eigenvalue weighted by atomic mass is 16.5. The van der Waals surface area contributed by atoms with Crippen LogP contribution >= 0.6 is 0 Å². The molecule has 1 aromatic carbocycles. The zero-order valence-corrected chi connectivity index (χ0v) is 12.2. The van der Waals surface area contributed by atoms with Gasteiger partial charge in [0, 0.05) is 26.2 Å². The van der Waals surface area contributed by atoms with Crippen molar-refractivity contribution in [3.63, 3.8) is 0 Å². The molecule has 0 spiro atoms. The van der Waals surface area contributed by atoms with Crippen molar-refractivity contribution in [3.8, 4) is 0 Å². The summed E-state index contributed by atoms with van der Waals surface area (Å²) in [5.74, 6) is -0.583. The normalized spacial score (nSPS) is 18.1. The van der Waals surface area contributed by atoms with Gasteiger partial charge in [0.2, 0.25) is 5.91 Å². The molecule has 21 heavy (non-hydrogen) atoms. The second-order valence-electron chi connectivity index (χ2n) is 5.10. The third-order valence-electron chi connectivity index (χ3n) is 3.74. The fourth-order valence-corrected chi connectivity index (χ4v) is 2.62. The number of methoxy groups -OCH3 is 1. The van der Waals surface area contributed by atoms with Crippen LogP contribution in [0.4, 0.5) is 0 Å². The lowest BCUT2D eigenvalue weighted by atomic mass is 10.0. The fourth-order valence-electron chi connectivity index (χ4n) is 2.62. The van der Waals surface area contributed by atoms with Crippen molar-refractivity contribution >= 4 is 11.9 Å². The van der Waals surface area contributed by atoms with Gasteiger partial charge in [-0.25, -0.2) is 0 Å². The average Bonchev–Trinajstić information content (AvgIpc) is 2.50. The summed E-state index contributed by atoms with van der Waals surface area (Å²) in [6, 6.07) is 9.13. The van der Waals surface area contributed by atoms with Gasteiger partial charge < -0.3 is 10.5 Å². The molecular weight excluding hydrogens is 270 g/mol. The van der Waals surface area contributed by atoms with Gasteiger partial charge in [0.05, 0.1) is 13.7 Å². The first kappa shape index (κ1) is 15.5. The highest BCUT2D eigenvalue weighted by molar-refractivity contribution is 5.81. The number of nitrogens with two attached hydrogens (primary N) is 1. The van der Waals surface area contributed by atoms with Gasteiger partial charge in [-0.2, -0.15) is 0 Å². The number of benzene rings is 1. The van der Waals surface area contributed by atoms with Crippen molar-refractivity contribution in [1.29, 1.82) is 0 Å². The molecule has 114 valence electrons. The smallest absolute Gasteiger partial charge is 0.319 e. The molecule has 1 aromatic rings. The highest BCUT2D eigenvalue weighted by Crippen LogP contribution is 2.21. The van der Waals surface area contributed by atoms with Crippen molar-refractivity contribution in [2.75, 3.05) is 39.8 Å². The summed E-state index contributed by atoms with van der Waals surface area (Å²) in [6.07, 6.45) is 0. The first-order valence-corrected chi connectivity index (χ1v) is 6.99. The van der Waals surface area contributed by atoms with Crippen LogP contribution in [0.2, 0.25) is 0 Å². The number of primary amides is 1. The summed E-state index contributed by atoms with van der Waals surface area (Å²) < 4.78 is 4.67. The summed E-state index contributed by atoms with van der Waals surface area (Å²) in [7, 11) is 1.39. The Labute approximate surface area is 124 Å². The number of nitrogens with zero attached hydrogens (tertiary/aromatic N) is 2. The van der Waals surface area contributed by atoms with E-state index in [2.05, 4.69) is 9.64 Å². The third kappa shape index (κ3) is 4.03. The minimum atomic E-state index is -0.411. The molecule has 1 atom stereocenters. The lowest BCUT2D eigenvalue weighted by Crippen LogP contribution is -2.51. The number of amides is 1. The second-order valence-corrected chi connectivity index (χ2v) is 5.10.